The van der Waals surface area contributed by atoms with E-state index < -0.39 is 5.97 Å². The Morgan fingerprint density at radius 3 is 2.43 bits per heavy atom. The SMILES string of the molecule is CN(c1ccc(C=CC(=O)O)cn1)C1CCN(C(=O)c2ccc(Cl)cc2)CC1. The number of carbonyl (C=O) groups excluding carboxylic acids is 1. The Bertz CT molecular complexity index is 857. The number of carboxylic acids is 1. The van der Waals surface area contributed by atoms with Crippen LogP contribution in [0.1, 0.15) is 28.8 Å². The number of likely N-dealkylation sites (tertiary alicyclic amines) is 1. The minimum absolute atomic E-state index is 0.0328. The summed E-state index contributed by atoms with van der Waals surface area (Å²) in [6, 6.07) is 11.0. The van der Waals surface area contributed by atoms with Crippen molar-refractivity contribution in [1.29, 1.82) is 0 Å². The van der Waals surface area contributed by atoms with Gasteiger partial charge in [0, 0.05) is 49.0 Å². The summed E-state index contributed by atoms with van der Waals surface area (Å²) in [5.41, 5.74) is 1.39. The number of benzene rings is 1. The maximum Gasteiger partial charge on any atom is 0.328 e. The Balaban J connectivity index is 1.57. The number of hydrogen-bond donors (Lipinski definition) is 1. The lowest BCUT2D eigenvalue weighted by Crippen LogP contribution is -2.45. The minimum atomic E-state index is -0.985. The first-order valence-electron chi connectivity index (χ1n) is 9.09. The number of aliphatic carboxylic acids is 1. The van der Waals surface area contributed by atoms with Gasteiger partial charge in [-0.05, 0) is 60.9 Å². The molecule has 0 aliphatic carbocycles. The highest BCUT2D eigenvalue weighted by atomic mass is 35.5. The van der Waals surface area contributed by atoms with Gasteiger partial charge >= 0.3 is 5.97 Å². The number of pyridine rings is 1. The number of piperidine rings is 1. The standard InChI is InChI=1S/C21H22ClN3O3/c1-24(19-8-2-15(14-23-19)3-9-20(26)27)18-10-12-25(13-11-18)21(28)16-4-6-17(22)7-5-16/h2-9,14,18H,10-13H2,1H3,(H,26,27). The average Bonchev–Trinajstić information content (AvgIpc) is 2.72. The zero-order valence-electron chi connectivity index (χ0n) is 15.6. The van der Waals surface area contributed by atoms with Gasteiger partial charge in [0.05, 0.1) is 0 Å². The number of carboxylic acid groups (broad SMARTS) is 1. The number of nitrogens with zero attached hydrogens (tertiary/aromatic N) is 3. The van der Waals surface area contributed by atoms with E-state index in [-0.39, 0.29) is 5.91 Å². The maximum atomic E-state index is 12.6. The van der Waals surface area contributed by atoms with Crippen molar-refractivity contribution in [2.24, 2.45) is 0 Å². The van der Waals surface area contributed by atoms with Gasteiger partial charge in [0.25, 0.3) is 5.91 Å². The molecule has 0 saturated carbocycles. The third kappa shape index (κ3) is 4.89. The summed E-state index contributed by atoms with van der Waals surface area (Å²) < 4.78 is 0. The largest absolute Gasteiger partial charge is 0.478 e. The zero-order valence-corrected chi connectivity index (χ0v) is 16.3. The molecule has 7 heteroatoms. The molecule has 1 aliphatic heterocycles. The zero-order chi connectivity index (χ0) is 20.1. The molecule has 6 nitrogen and oxygen atoms in total. The quantitative estimate of drug-likeness (QED) is 0.778. The normalized spacial score (nSPS) is 15.0. The van der Waals surface area contributed by atoms with Crippen LogP contribution in [0.25, 0.3) is 6.08 Å². The summed E-state index contributed by atoms with van der Waals surface area (Å²) in [5.74, 6) is -0.124. The summed E-state index contributed by atoms with van der Waals surface area (Å²) in [7, 11) is 2.00. The van der Waals surface area contributed by atoms with Gasteiger partial charge in [-0.2, -0.15) is 0 Å². The molecule has 3 rings (SSSR count). The van der Waals surface area contributed by atoms with Crippen molar-refractivity contribution in [2.45, 2.75) is 18.9 Å². The average molecular weight is 400 g/mol. The summed E-state index contributed by atoms with van der Waals surface area (Å²) in [6.07, 6.45) is 5.98. The molecule has 1 fully saturated rings. The van der Waals surface area contributed by atoms with E-state index in [1.165, 1.54) is 6.08 Å². The van der Waals surface area contributed by atoms with Crippen molar-refractivity contribution < 1.29 is 14.7 Å². The van der Waals surface area contributed by atoms with Crippen LogP contribution in [0.3, 0.4) is 0 Å². The molecular weight excluding hydrogens is 378 g/mol. The van der Waals surface area contributed by atoms with E-state index >= 15 is 0 Å². The van der Waals surface area contributed by atoms with E-state index in [1.807, 2.05) is 24.1 Å². The van der Waals surface area contributed by atoms with Gasteiger partial charge in [0.2, 0.25) is 0 Å². The Kier molecular flexibility index (Phi) is 6.31. The highest BCUT2D eigenvalue weighted by Gasteiger charge is 2.26. The van der Waals surface area contributed by atoms with Crippen LogP contribution < -0.4 is 4.90 Å². The van der Waals surface area contributed by atoms with Gasteiger partial charge in [-0.3, -0.25) is 4.79 Å². The summed E-state index contributed by atoms with van der Waals surface area (Å²) in [4.78, 5) is 31.6. The predicted octanol–water partition coefficient (Wildman–Crippen LogP) is 3.57. The van der Waals surface area contributed by atoms with Crippen molar-refractivity contribution >= 4 is 35.4 Å². The number of aromatic nitrogens is 1. The predicted molar refractivity (Wildman–Crippen MR) is 110 cm³/mol. The highest BCUT2D eigenvalue weighted by Crippen LogP contribution is 2.22. The molecule has 146 valence electrons. The first-order valence-corrected chi connectivity index (χ1v) is 9.46. The molecule has 0 spiro atoms. The molecule has 2 aromatic rings. The molecule has 1 saturated heterocycles. The van der Waals surface area contributed by atoms with Crippen molar-refractivity contribution in [1.82, 2.24) is 9.88 Å². The van der Waals surface area contributed by atoms with Gasteiger partial charge in [-0.25, -0.2) is 9.78 Å². The van der Waals surface area contributed by atoms with Gasteiger partial charge in [0.1, 0.15) is 5.82 Å². The molecule has 28 heavy (non-hydrogen) atoms. The molecule has 2 heterocycles. The summed E-state index contributed by atoms with van der Waals surface area (Å²) in [5, 5.41) is 9.30. The summed E-state index contributed by atoms with van der Waals surface area (Å²) in [6.45, 7) is 1.38. The molecule has 1 aromatic heterocycles. The molecule has 1 aliphatic rings. The molecule has 0 radical (unpaired) electrons. The summed E-state index contributed by atoms with van der Waals surface area (Å²) >= 11 is 5.89. The number of hydrogen-bond acceptors (Lipinski definition) is 4. The molecule has 0 unspecified atom stereocenters. The Labute approximate surface area is 169 Å². The van der Waals surface area contributed by atoms with Gasteiger partial charge < -0.3 is 14.9 Å². The van der Waals surface area contributed by atoms with E-state index in [1.54, 1.807) is 30.5 Å². The third-order valence-corrected chi connectivity index (χ3v) is 5.19. The number of carbonyl (C=O) groups is 2. The van der Waals surface area contributed by atoms with Crippen LogP contribution in [0, 0.1) is 0 Å². The second-order valence-electron chi connectivity index (χ2n) is 6.76. The minimum Gasteiger partial charge on any atom is -0.478 e. The fourth-order valence-electron chi connectivity index (χ4n) is 3.29. The first kappa shape index (κ1) is 19.9. The maximum absolute atomic E-state index is 12.6. The van der Waals surface area contributed by atoms with Crippen LogP contribution in [-0.2, 0) is 4.79 Å². The number of rotatable bonds is 5. The fourth-order valence-corrected chi connectivity index (χ4v) is 3.42. The smallest absolute Gasteiger partial charge is 0.328 e. The van der Waals surface area contributed by atoms with Crippen LogP contribution in [-0.4, -0.2) is 53.0 Å². The van der Waals surface area contributed by atoms with Crippen molar-refractivity contribution in [2.75, 3.05) is 25.0 Å². The van der Waals surface area contributed by atoms with Gasteiger partial charge in [-0.15, -0.1) is 0 Å². The van der Waals surface area contributed by atoms with Crippen LogP contribution in [0.15, 0.2) is 48.7 Å². The van der Waals surface area contributed by atoms with E-state index in [4.69, 9.17) is 16.7 Å². The van der Waals surface area contributed by atoms with Gasteiger partial charge in [0.15, 0.2) is 0 Å². The molecule has 0 bridgehead atoms. The Morgan fingerprint density at radius 1 is 1.18 bits per heavy atom. The second-order valence-corrected chi connectivity index (χ2v) is 7.20. The molecule has 0 atom stereocenters. The number of halogens is 1. The van der Waals surface area contributed by atoms with Crippen molar-refractivity contribution in [3.63, 3.8) is 0 Å². The Morgan fingerprint density at radius 2 is 1.86 bits per heavy atom. The third-order valence-electron chi connectivity index (χ3n) is 4.94. The molecule has 1 aromatic carbocycles. The van der Waals surface area contributed by atoms with Crippen LogP contribution in [0.4, 0.5) is 5.82 Å². The van der Waals surface area contributed by atoms with Crippen LogP contribution in [0.2, 0.25) is 5.02 Å². The monoisotopic (exact) mass is 399 g/mol. The van der Waals surface area contributed by atoms with Gasteiger partial charge in [-0.1, -0.05) is 11.6 Å². The lowest BCUT2D eigenvalue weighted by molar-refractivity contribution is -0.131. The van der Waals surface area contributed by atoms with Crippen molar-refractivity contribution in [3.8, 4) is 0 Å². The van der Waals surface area contributed by atoms with E-state index in [0.29, 0.717) is 29.7 Å². The number of amides is 1. The molecule has 1 N–H and O–H groups in total. The van der Waals surface area contributed by atoms with Crippen LogP contribution in [0.5, 0.6) is 0 Å². The van der Waals surface area contributed by atoms with E-state index in [2.05, 4.69) is 9.88 Å². The Hall–Kier alpha value is -2.86. The topological polar surface area (TPSA) is 73.7 Å². The first-order chi connectivity index (χ1) is 13.4. The number of anilines is 1. The van der Waals surface area contributed by atoms with E-state index in [9.17, 15) is 9.59 Å². The van der Waals surface area contributed by atoms with Crippen LogP contribution >= 0.6 is 11.6 Å². The second kappa shape index (κ2) is 8.89. The van der Waals surface area contributed by atoms with Crippen molar-refractivity contribution in [3.05, 3.63) is 64.8 Å². The fraction of sp³-hybridized carbons (Fsp3) is 0.286. The highest BCUT2D eigenvalue weighted by molar-refractivity contribution is 6.30. The molecular formula is C21H22ClN3O3. The lowest BCUT2D eigenvalue weighted by atomic mass is 10.0. The molecule has 1 amide bonds. The van der Waals surface area contributed by atoms with E-state index in [0.717, 1.165) is 30.3 Å². The lowest BCUT2D eigenvalue weighted by Gasteiger charge is -2.37.